The van der Waals surface area contributed by atoms with Crippen LogP contribution in [0, 0.1) is 10.7 Å². The quantitative estimate of drug-likeness (QED) is 0.436. The lowest BCUT2D eigenvalue weighted by molar-refractivity contribution is 0.222. The fourth-order valence-corrected chi connectivity index (χ4v) is 0.489. The SMILES string of the molecule is N#CSSC(=O)O. The Kier molecular flexibility index (Phi) is 3.65. The van der Waals surface area contributed by atoms with Crippen LogP contribution in [0.15, 0.2) is 0 Å². The summed E-state index contributed by atoms with van der Waals surface area (Å²) < 4.78 is 0. The first-order chi connectivity index (χ1) is 3.27. The standard InChI is InChI=1S/C2HNO2S2/c3-1-6-7-2(4)5/h(H,4,5). The van der Waals surface area contributed by atoms with Gasteiger partial charge in [0.25, 0.3) is 0 Å². The smallest absolute Gasteiger partial charge is 0.376 e. The summed E-state index contributed by atoms with van der Waals surface area (Å²) in [4.78, 5) is 9.55. The monoisotopic (exact) mass is 135 g/mol. The van der Waals surface area contributed by atoms with Gasteiger partial charge in [-0.1, -0.05) is 0 Å². The van der Waals surface area contributed by atoms with Crippen LogP contribution in [0.4, 0.5) is 4.79 Å². The van der Waals surface area contributed by atoms with Gasteiger partial charge < -0.3 is 5.11 Å². The van der Waals surface area contributed by atoms with Gasteiger partial charge in [0.15, 0.2) is 0 Å². The van der Waals surface area contributed by atoms with Crippen LogP contribution in [-0.4, -0.2) is 10.4 Å². The Morgan fingerprint density at radius 1 is 1.86 bits per heavy atom. The number of carboxylic acid groups (broad SMARTS) is 1. The second-order valence-corrected chi connectivity index (χ2v) is 2.39. The summed E-state index contributed by atoms with van der Waals surface area (Å²) in [6, 6.07) is 0. The lowest BCUT2D eigenvalue weighted by Crippen LogP contribution is -1.74. The summed E-state index contributed by atoms with van der Waals surface area (Å²) >= 11 is 0. The van der Waals surface area contributed by atoms with Crippen LogP contribution < -0.4 is 0 Å². The fraction of sp³-hybridized carbons (Fsp3) is 0. The van der Waals surface area contributed by atoms with Gasteiger partial charge in [0, 0.05) is 21.6 Å². The van der Waals surface area contributed by atoms with E-state index >= 15 is 0 Å². The maximum Gasteiger partial charge on any atom is 0.376 e. The molecular weight excluding hydrogens is 134 g/mol. The topological polar surface area (TPSA) is 61.1 Å². The van der Waals surface area contributed by atoms with E-state index < -0.39 is 5.30 Å². The van der Waals surface area contributed by atoms with Crippen LogP contribution in [0.2, 0.25) is 0 Å². The second-order valence-electron chi connectivity index (χ2n) is 0.524. The van der Waals surface area contributed by atoms with Crippen LogP contribution in [0.25, 0.3) is 0 Å². The van der Waals surface area contributed by atoms with E-state index in [1.54, 1.807) is 5.40 Å². The van der Waals surface area contributed by atoms with Crippen LogP contribution in [0.1, 0.15) is 0 Å². The van der Waals surface area contributed by atoms with E-state index in [1.165, 1.54) is 0 Å². The van der Waals surface area contributed by atoms with Gasteiger partial charge in [0.2, 0.25) is 0 Å². The molecule has 0 heterocycles. The largest absolute Gasteiger partial charge is 0.472 e. The van der Waals surface area contributed by atoms with Gasteiger partial charge in [-0.05, 0) is 0 Å². The Balaban J connectivity index is 3.02. The number of nitriles is 1. The van der Waals surface area contributed by atoms with Gasteiger partial charge in [-0.2, -0.15) is 5.26 Å². The van der Waals surface area contributed by atoms with Crippen LogP contribution in [0.5, 0.6) is 0 Å². The molecule has 0 rings (SSSR count). The second kappa shape index (κ2) is 3.84. The first-order valence-corrected chi connectivity index (χ1v) is 3.38. The number of hydrogen-bond acceptors (Lipinski definition) is 4. The average molecular weight is 135 g/mol. The first-order valence-electron chi connectivity index (χ1n) is 1.23. The zero-order valence-corrected chi connectivity index (χ0v) is 4.75. The van der Waals surface area contributed by atoms with E-state index in [4.69, 9.17) is 10.4 Å². The Labute approximate surface area is 48.1 Å². The molecule has 3 nitrogen and oxygen atoms in total. The number of nitrogens with zero attached hydrogens (tertiary/aromatic N) is 1. The van der Waals surface area contributed by atoms with Gasteiger partial charge in [0.05, 0.1) is 0 Å². The van der Waals surface area contributed by atoms with Crippen molar-refractivity contribution in [2.45, 2.75) is 0 Å². The van der Waals surface area contributed by atoms with Crippen molar-refractivity contribution in [3.8, 4) is 5.40 Å². The third-order valence-electron chi connectivity index (χ3n) is 0.150. The molecule has 0 atom stereocenters. The van der Waals surface area contributed by atoms with E-state index in [2.05, 4.69) is 0 Å². The molecule has 0 saturated carbocycles. The van der Waals surface area contributed by atoms with Crippen molar-refractivity contribution in [3.05, 3.63) is 0 Å². The van der Waals surface area contributed by atoms with Gasteiger partial charge >= 0.3 is 5.30 Å². The molecule has 0 radical (unpaired) electrons. The van der Waals surface area contributed by atoms with E-state index in [9.17, 15) is 4.79 Å². The Morgan fingerprint density at radius 3 is 2.57 bits per heavy atom. The molecule has 1 N–H and O–H groups in total. The minimum absolute atomic E-state index is 0.503. The van der Waals surface area contributed by atoms with Crippen LogP contribution in [-0.2, 0) is 0 Å². The van der Waals surface area contributed by atoms with E-state index in [-0.39, 0.29) is 0 Å². The van der Waals surface area contributed by atoms with Gasteiger partial charge in [0.1, 0.15) is 5.40 Å². The molecule has 0 amide bonds. The molecule has 0 aromatic rings. The molecule has 0 aromatic carbocycles. The van der Waals surface area contributed by atoms with Crippen molar-refractivity contribution in [3.63, 3.8) is 0 Å². The minimum Gasteiger partial charge on any atom is -0.472 e. The van der Waals surface area contributed by atoms with Crippen molar-refractivity contribution < 1.29 is 9.90 Å². The zero-order valence-electron chi connectivity index (χ0n) is 3.12. The Hall–Kier alpha value is -0.340. The number of carbonyl (C=O) groups is 1. The highest BCUT2D eigenvalue weighted by Gasteiger charge is 1.93. The molecule has 0 aliphatic carbocycles. The minimum atomic E-state index is -1.04. The molecule has 0 bridgehead atoms. The molecule has 0 aliphatic rings. The third kappa shape index (κ3) is 5.66. The summed E-state index contributed by atoms with van der Waals surface area (Å²) in [6.07, 6.45) is 0. The predicted molar refractivity (Wildman–Crippen MR) is 28.8 cm³/mol. The summed E-state index contributed by atoms with van der Waals surface area (Å²) in [6.45, 7) is 0. The highest BCUT2D eigenvalue weighted by Crippen LogP contribution is 2.18. The highest BCUT2D eigenvalue weighted by molar-refractivity contribution is 8.83. The lowest BCUT2D eigenvalue weighted by atomic mass is 11.6. The van der Waals surface area contributed by atoms with E-state index in [0.29, 0.717) is 21.6 Å². The molecule has 0 spiro atoms. The zero-order chi connectivity index (χ0) is 5.70. The summed E-state index contributed by atoms with van der Waals surface area (Å²) in [5, 5.41) is 16.1. The van der Waals surface area contributed by atoms with Gasteiger partial charge in [-0.15, -0.1) is 0 Å². The normalized spacial score (nSPS) is 7.29. The van der Waals surface area contributed by atoms with Crippen molar-refractivity contribution in [1.29, 1.82) is 5.26 Å². The van der Waals surface area contributed by atoms with Gasteiger partial charge in [-0.25, -0.2) is 4.79 Å². The molecule has 0 saturated heterocycles. The Bertz CT molecular complexity index is 107. The van der Waals surface area contributed by atoms with Gasteiger partial charge in [-0.3, -0.25) is 0 Å². The molecule has 5 heteroatoms. The third-order valence-corrected chi connectivity index (χ3v) is 1.35. The van der Waals surface area contributed by atoms with Crippen molar-refractivity contribution in [2.75, 3.05) is 0 Å². The molecule has 0 unspecified atom stereocenters. The van der Waals surface area contributed by atoms with E-state index in [1.807, 2.05) is 0 Å². The van der Waals surface area contributed by atoms with Crippen molar-refractivity contribution in [1.82, 2.24) is 0 Å². The van der Waals surface area contributed by atoms with Crippen molar-refractivity contribution in [2.24, 2.45) is 0 Å². The van der Waals surface area contributed by atoms with E-state index in [0.717, 1.165) is 0 Å². The number of rotatable bonds is 1. The Morgan fingerprint density at radius 2 is 2.43 bits per heavy atom. The highest BCUT2D eigenvalue weighted by atomic mass is 33.1. The number of hydrogen-bond donors (Lipinski definition) is 1. The molecule has 38 valence electrons. The predicted octanol–water partition coefficient (Wildman–Crippen LogP) is 1.53. The molecule has 7 heavy (non-hydrogen) atoms. The summed E-state index contributed by atoms with van der Waals surface area (Å²) in [5.41, 5.74) is 0. The first kappa shape index (κ1) is 6.66. The molecule has 0 aromatic heterocycles. The molecular formula is C2HNO2S2. The summed E-state index contributed by atoms with van der Waals surface area (Å²) in [7, 11) is 1.14. The maximum absolute atomic E-state index is 9.55. The van der Waals surface area contributed by atoms with Crippen LogP contribution >= 0.6 is 21.6 Å². The van der Waals surface area contributed by atoms with Crippen molar-refractivity contribution >= 4 is 26.9 Å². The summed E-state index contributed by atoms with van der Waals surface area (Å²) in [5.74, 6) is 0. The maximum atomic E-state index is 9.55. The lowest BCUT2D eigenvalue weighted by Gasteiger charge is -1.76. The number of thiocyanates is 1. The van der Waals surface area contributed by atoms with Crippen LogP contribution in [0.3, 0.4) is 0 Å². The fourth-order valence-electron chi connectivity index (χ4n) is 0.0543. The molecule has 0 aliphatic heterocycles. The average Bonchev–Trinajstić information content (AvgIpc) is 1.61. The molecule has 0 fully saturated rings.